The Morgan fingerprint density at radius 2 is 1.35 bits per heavy atom. The Hall–Kier alpha value is -4.69. The number of rotatable bonds is 15. The number of furan rings is 2. The van der Waals surface area contributed by atoms with E-state index in [0.29, 0.717) is 35.9 Å². The van der Waals surface area contributed by atoms with E-state index < -0.39 is 31.9 Å². The maximum atomic E-state index is 12.7. The van der Waals surface area contributed by atoms with Gasteiger partial charge in [0.25, 0.3) is 5.91 Å². The number of aliphatic hydroxyl groups is 1. The van der Waals surface area contributed by atoms with Crippen molar-refractivity contribution in [2.24, 2.45) is 10.3 Å². The lowest BCUT2D eigenvalue weighted by molar-refractivity contribution is 0.0500. The van der Waals surface area contributed by atoms with Crippen LogP contribution in [0.2, 0.25) is 10.0 Å². The number of halogens is 2. The minimum absolute atomic E-state index is 0.0380. The quantitative estimate of drug-likeness (QED) is 0.0599. The summed E-state index contributed by atoms with van der Waals surface area (Å²) in [5, 5.41) is 24.2. The van der Waals surface area contributed by atoms with Gasteiger partial charge in [0.2, 0.25) is 20.0 Å². The van der Waals surface area contributed by atoms with E-state index in [1.807, 2.05) is 6.92 Å². The van der Waals surface area contributed by atoms with E-state index in [9.17, 15) is 26.4 Å². The van der Waals surface area contributed by atoms with Crippen LogP contribution in [0.4, 0.5) is 11.4 Å². The molecule has 3 aromatic heterocycles. The number of anilines is 2. The summed E-state index contributed by atoms with van der Waals surface area (Å²) < 4.78 is 63.5. The van der Waals surface area contributed by atoms with Crippen molar-refractivity contribution in [2.45, 2.75) is 62.4 Å². The molecular formula is C35H42Cl2N6O10S2. The molecule has 0 aliphatic rings. The zero-order valence-electron chi connectivity index (χ0n) is 29.9. The Bertz CT molecular complexity index is 2200. The number of carbonyl (C=O) groups is 2. The van der Waals surface area contributed by atoms with Gasteiger partial charge in [-0.3, -0.25) is 9.36 Å². The van der Waals surface area contributed by atoms with Gasteiger partial charge in [0.15, 0.2) is 0 Å². The van der Waals surface area contributed by atoms with Crippen LogP contribution in [0.5, 0.6) is 0 Å². The predicted molar refractivity (Wildman–Crippen MR) is 207 cm³/mol. The number of nitrogens with zero attached hydrogens (tertiary/aromatic N) is 2. The van der Waals surface area contributed by atoms with Gasteiger partial charge in [0, 0.05) is 24.7 Å². The van der Waals surface area contributed by atoms with E-state index in [1.54, 1.807) is 24.3 Å². The fourth-order valence-corrected chi connectivity index (χ4v) is 6.63. The van der Waals surface area contributed by atoms with Gasteiger partial charge in [-0.2, -0.15) is 0 Å². The number of unbranched alkanes of at least 4 members (excludes halogenated alkanes) is 2. The van der Waals surface area contributed by atoms with Crippen molar-refractivity contribution >= 4 is 66.5 Å². The molecule has 0 saturated carbocycles. The van der Waals surface area contributed by atoms with E-state index in [2.05, 4.69) is 22.5 Å². The number of sulfonamides is 2. The van der Waals surface area contributed by atoms with Crippen LogP contribution in [0.25, 0.3) is 0 Å². The summed E-state index contributed by atoms with van der Waals surface area (Å²) >= 11 is 12.0. The van der Waals surface area contributed by atoms with E-state index in [0.717, 1.165) is 31.4 Å². The minimum Gasteiger partial charge on any atom is -0.467 e. The number of primary sulfonamides is 2. The second-order valence-corrected chi connectivity index (χ2v) is 15.3. The van der Waals surface area contributed by atoms with Crippen LogP contribution >= 0.6 is 23.2 Å². The van der Waals surface area contributed by atoms with Crippen molar-refractivity contribution in [3.63, 3.8) is 0 Å². The highest BCUT2D eigenvalue weighted by Crippen LogP contribution is 2.31. The lowest BCUT2D eigenvalue weighted by atomic mass is 10.1. The van der Waals surface area contributed by atoms with E-state index in [1.165, 1.54) is 47.9 Å². The second-order valence-electron chi connectivity index (χ2n) is 11.5. The molecule has 5 rings (SSSR count). The summed E-state index contributed by atoms with van der Waals surface area (Å²) in [6, 6.07) is 11.9. The van der Waals surface area contributed by atoms with Gasteiger partial charge in [0.05, 0.1) is 59.1 Å². The molecule has 0 saturated heterocycles. The van der Waals surface area contributed by atoms with Gasteiger partial charge in [-0.1, -0.05) is 49.9 Å². The van der Waals surface area contributed by atoms with Crippen LogP contribution in [0.1, 0.15) is 71.8 Å². The Morgan fingerprint density at radius 3 is 1.75 bits per heavy atom. The maximum Gasteiger partial charge on any atom is 0.340 e. The number of esters is 1. The third-order valence-electron chi connectivity index (χ3n) is 7.26. The van der Waals surface area contributed by atoms with Crippen molar-refractivity contribution < 1.29 is 45.1 Å². The molecule has 0 radical (unpaired) electrons. The molecule has 55 heavy (non-hydrogen) atoms. The number of benzene rings is 2. The van der Waals surface area contributed by atoms with Crippen LogP contribution in [0.3, 0.4) is 0 Å². The van der Waals surface area contributed by atoms with Crippen molar-refractivity contribution in [2.75, 3.05) is 23.8 Å². The SMILES string of the molecule is CCCCO.CCCCOC(=O)c1cc(S(N)(=O)=O)c(Cl)cc1NCc1ccco1.NS(=O)(=O)c1cc(C(=O)n2ccnc2)c(NCc2ccco2)cc1Cl. The van der Waals surface area contributed by atoms with Crippen LogP contribution < -0.4 is 20.9 Å². The molecule has 0 unspecified atom stereocenters. The largest absolute Gasteiger partial charge is 0.467 e. The van der Waals surface area contributed by atoms with Crippen molar-refractivity contribution in [3.8, 4) is 0 Å². The molecule has 2 aromatic carbocycles. The van der Waals surface area contributed by atoms with Crippen LogP contribution in [0.15, 0.2) is 98.4 Å². The minimum atomic E-state index is -4.09. The number of aliphatic hydroxyl groups excluding tert-OH is 1. The molecule has 0 aliphatic heterocycles. The highest BCUT2D eigenvalue weighted by molar-refractivity contribution is 7.89. The summed E-state index contributed by atoms with van der Waals surface area (Å²) in [5.74, 6) is 0.127. The molecular weight excluding hydrogens is 799 g/mol. The van der Waals surface area contributed by atoms with Crippen molar-refractivity contribution in [3.05, 3.63) is 112 Å². The first kappa shape index (κ1) is 44.7. The molecule has 7 N–H and O–H groups in total. The number of hydrogen-bond donors (Lipinski definition) is 5. The van der Waals surface area contributed by atoms with Crippen molar-refractivity contribution in [1.82, 2.24) is 9.55 Å². The molecule has 0 amide bonds. The van der Waals surface area contributed by atoms with Gasteiger partial charge >= 0.3 is 5.97 Å². The lowest BCUT2D eigenvalue weighted by Gasteiger charge is -2.14. The summed E-state index contributed by atoms with van der Waals surface area (Å²) in [4.78, 5) is 28.1. The molecule has 16 nitrogen and oxygen atoms in total. The second kappa shape index (κ2) is 21.4. The Balaban J connectivity index is 0.000000263. The molecule has 20 heteroatoms. The van der Waals surface area contributed by atoms with Crippen molar-refractivity contribution in [1.29, 1.82) is 0 Å². The number of hydrogen-bond acceptors (Lipinski definition) is 13. The number of ether oxygens (including phenoxy) is 1. The first-order chi connectivity index (χ1) is 26.1. The smallest absolute Gasteiger partial charge is 0.340 e. The van der Waals surface area contributed by atoms with Gasteiger partial charge in [-0.05, 0) is 61.4 Å². The Kier molecular flexibility index (Phi) is 17.4. The van der Waals surface area contributed by atoms with E-state index in [-0.39, 0.29) is 50.7 Å². The van der Waals surface area contributed by atoms with E-state index in [4.69, 9.17) is 52.2 Å². The lowest BCUT2D eigenvalue weighted by Crippen LogP contribution is -2.17. The normalized spacial score (nSPS) is 11.1. The first-order valence-electron chi connectivity index (χ1n) is 16.7. The molecule has 298 valence electrons. The molecule has 3 heterocycles. The zero-order valence-corrected chi connectivity index (χ0v) is 33.1. The molecule has 0 aliphatic carbocycles. The third-order valence-corrected chi connectivity index (χ3v) is 10.0. The summed E-state index contributed by atoms with van der Waals surface area (Å²) in [6.45, 7) is 5.16. The topological polar surface area (TPSA) is 252 Å². The predicted octanol–water partition coefficient (Wildman–Crippen LogP) is 6.01. The molecule has 0 fully saturated rings. The van der Waals surface area contributed by atoms with Crippen LogP contribution in [-0.4, -0.2) is 56.6 Å². The van der Waals surface area contributed by atoms with E-state index >= 15 is 0 Å². The zero-order chi connectivity index (χ0) is 40.6. The molecule has 0 bridgehead atoms. The highest BCUT2D eigenvalue weighted by atomic mass is 35.5. The van der Waals surface area contributed by atoms with Crippen LogP contribution in [-0.2, 0) is 37.9 Å². The average Bonchev–Trinajstić information content (AvgIpc) is 3.95. The van der Waals surface area contributed by atoms with Gasteiger partial charge in [-0.25, -0.2) is 36.9 Å². The third kappa shape index (κ3) is 13.8. The Labute approximate surface area is 328 Å². The summed E-state index contributed by atoms with van der Waals surface area (Å²) in [6.07, 6.45) is 10.8. The summed E-state index contributed by atoms with van der Waals surface area (Å²) in [7, 11) is -8.16. The number of nitrogens with two attached hydrogens (primary N) is 2. The monoisotopic (exact) mass is 840 g/mol. The highest BCUT2D eigenvalue weighted by Gasteiger charge is 2.23. The fraction of sp³-hybridized carbons (Fsp3) is 0.286. The number of nitrogens with one attached hydrogen (secondary N) is 2. The molecule has 5 aromatic rings. The fourth-order valence-electron chi connectivity index (χ4n) is 4.44. The average molecular weight is 842 g/mol. The maximum absolute atomic E-state index is 12.7. The first-order valence-corrected chi connectivity index (χ1v) is 20.5. The van der Waals surface area contributed by atoms with Gasteiger partial charge < -0.3 is 29.3 Å². The summed E-state index contributed by atoms with van der Waals surface area (Å²) in [5.41, 5.74) is 0.789. The van der Waals surface area contributed by atoms with Gasteiger partial charge in [0.1, 0.15) is 27.6 Å². The van der Waals surface area contributed by atoms with Gasteiger partial charge in [-0.15, -0.1) is 0 Å². The van der Waals surface area contributed by atoms with Crippen LogP contribution in [0, 0.1) is 0 Å². The number of imidazole rings is 1. The standard InChI is InChI=1S/C16H19ClN2O5S.C15H13ClN4O4S.C4H10O/c1-2-3-6-24-16(20)12-8-15(25(18,21)22)13(17)9-14(12)19-10-11-5-4-7-23-11;16-12-7-13(19-8-10-2-1-5-24-10)11(6-14(12)25(17,22)23)15(21)20-4-3-18-9-20;1-2-3-4-5/h4-5,7-9,19H,2-3,6,10H2,1H3,(H2,18,21,22);1-7,9,19H,8H2,(H2,17,22,23);5H,2-4H2,1H3. The molecule has 0 atom stereocenters. The Morgan fingerprint density at radius 1 is 0.836 bits per heavy atom. The molecule has 0 spiro atoms. The number of carbonyl (C=O) groups excluding carboxylic acids is 2. The number of aromatic nitrogens is 2.